The minimum atomic E-state index is -0.393. The van der Waals surface area contributed by atoms with Crippen molar-refractivity contribution in [1.29, 1.82) is 0 Å². The van der Waals surface area contributed by atoms with Crippen LogP contribution in [0.2, 0.25) is 0 Å². The van der Waals surface area contributed by atoms with Crippen LogP contribution in [0.15, 0.2) is 52.9 Å². The summed E-state index contributed by atoms with van der Waals surface area (Å²) >= 11 is 0. The third kappa shape index (κ3) is 3.60. The van der Waals surface area contributed by atoms with E-state index in [2.05, 4.69) is 10.6 Å². The molecule has 2 N–H and O–H groups in total. The molecule has 0 saturated heterocycles. The molecule has 0 aliphatic heterocycles. The molecule has 0 bridgehead atoms. The number of nitrogens with one attached hydrogen (secondary N) is 2. The maximum atomic E-state index is 12.7. The molecule has 26 heavy (non-hydrogen) atoms. The largest absolute Gasteiger partial charge is 0.451 e. The summed E-state index contributed by atoms with van der Waals surface area (Å²) in [6.07, 6.45) is 0. The predicted molar refractivity (Wildman–Crippen MR) is 99.6 cm³/mol. The maximum absolute atomic E-state index is 12.7. The van der Waals surface area contributed by atoms with E-state index in [4.69, 9.17) is 9.15 Å². The van der Waals surface area contributed by atoms with E-state index in [1.165, 1.54) is 0 Å². The van der Waals surface area contributed by atoms with Gasteiger partial charge in [0.1, 0.15) is 5.58 Å². The SMILES string of the molecule is COCCNC(=O)c1ccccc1NC(=O)c1oc2ccccc2c1C. The van der Waals surface area contributed by atoms with Gasteiger partial charge in [-0.05, 0) is 25.1 Å². The van der Waals surface area contributed by atoms with Gasteiger partial charge in [0.15, 0.2) is 5.76 Å². The summed E-state index contributed by atoms with van der Waals surface area (Å²) in [5.41, 5.74) is 2.22. The molecule has 0 radical (unpaired) electrons. The van der Waals surface area contributed by atoms with Crippen molar-refractivity contribution in [1.82, 2.24) is 5.32 Å². The highest BCUT2D eigenvalue weighted by molar-refractivity contribution is 6.10. The lowest BCUT2D eigenvalue weighted by Gasteiger charge is -2.11. The highest BCUT2D eigenvalue weighted by Gasteiger charge is 2.19. The van der Waals surface area contributed by atoms with Crippen LogP contribution >= 0.6 is 0 Å². The highest BCUT2D eigenvalue weighted by Crippen LogP contribution is 2.26. The zero-order chi connectivity index (χ0) is 18.5. The Morgan fingerprint density at radius 2 is 1.77 bits per heavy atom. The van der Waals surface area contributed by atoms with Crippen LogP contribution in [0.5, 0.6) is 0 Å². The second kappa shape index (κ2) is 7.84. The Bertz CT molecular complexity index is 946. The van der Waals surface area contributed by atoms with E-state index in [9.17, 15) is 9.59 Å². The normalized spacial score (nSPS) is 10.7. The van der Waals surface area contributed by atoms with Gasteiger partial charge in [0.2, 0.25) is 0 Å². The highest BCUT2D eigenvalue weighted by atomic mass is 16.5. The molecule has 0 fully saturated rings. The predicted octanol–water partition coefficient (Wildman–Crippen LogP) is 3.37. The summed E-state index contributed by atoms with van der Waals surface area (Å²) in [6.45, 7) is 2.64. The van der Waals surface area contributed by atoms with Crippen LogP contribution in [0, 0.1) is 6.92 Å². The van der Waals surface area contributed by atoms with E-state index in [1.807, 2.05) is 31.2 Å². The molecular weight excluding hydrogens is 332 g/mol. The molecule has 3 rings (SSSR count). The molecule has 0 aliphatic carbocycles. The Kier molecular flexibility index (Phi) is 5.34. The van der Waals surface area contributed by atoms with Crippen molar-refractivity contribution in [3.63, 3.8) is 0 Å². The number of carbonyl (C=O) groups is 2. The number of aryl methyl sites for hydroxylation is 1. The lowest BCUT2D eigenvalue weighted by atomic mass is 10.1. The molecule has 0 spiro atoms. The number of amides is 2. The molecule has 0 unspecified atom stereocenters. The fraction of sp³-hybridized carbons (Fsp3) is 0.200. The summed E-state index contributed by atoms with van der Waals surface area (Å²) in [6, 6.07) is 14.3. The van der Waals surface area contributed by atoms with Crippen molar-refractivity contribution < 1.29 is 18.7 Å². The minimum Gasteiger partial charge on any atom is -0.451 e. The van der Waals surface area contributed by atoms with Gasteiger partial charge < -0.3 is 19.8 Å². The van der Waals surface area contributed by atoms with Gasteiger partial charge in [0, 0.05) is 24.6 Å². The van der Waals surface area contributed by atoms with Crippen LogP contribution in [0.4, 0.5) is 5.69 Å². The average molecular weight is 352 g/mol. The number of furan rings is 1. The number of benzene rings is 2. The lowest BCUT2D eigenvalue weighted by molar-refractivity contribution is 0.0938. The first-order chi connectivity index (χ1) is 12.6. The first-order valence-electron chi connectivity index (χ1n) is 8.27. The molecule has 3 aromatic rings. The number of carbonyl (C=O) groups excluding carboxylic acids is 2. The van der Waals surface area contributed by atoms with E-state index in [0.29, 0.717) is 30.0 Å². The Morgan fingerprint density at radius 1 is 1.04 bits per heavy atom. The molecule has 0 aliphatic rings. The average Bonchev–Trinajstić information content (AvgIpc) is 2.99. The van der Waals surface area contributed by atoms with Gasteiger partial charge in [-0.15, -0.1) is 0 Å². The van der Waals surface area contributed by atoms with Gasteiger partial charge in [-0.3, -0.25) is 9.59 Å². The molecule has 1 aromatic heterocycles. The van der Waals surface area contributed by atoms with Crippen molar-refractivity contribution in [3.05, 3.63) is 65.4 Å². The van der Waals surface area contributed by atoms with Gasteiger partial charge in [-0.1, -0.05) is 30.3 Å². The number of ether oxygens (including phenoxy) is 1. The van der Waals surface area contributed by atoms with Gasteiger partial charge in [0.25, 0.3) is 11.8 Å². The van der Waals surface area contributed by atoms with Gasteiger partial charge in [-0.25, -0.2) is 0 Å². The number of hydrogen-bond acceptors (Lipinski definition) is 4. The Hall–Kier alpha value is -3.12. The van der Waals surface area contributed by atoms with E-state index < -0.39 is 5.91 Å². The number of para-hydroxylation sites is 2. The second-order valence-corrected chi connectivity index (χ2v) is 5.80. The molecular formula is C20H20N2O4. The fourth-order valence-electron chi connectivity index (χ4n) is 2.72. The summed E-state index contributed by atoms with van der Waals surface area (Å²) in [5, 5.41) is 6.41. The van der Waals surface area contributed by atoms with Crippen LogP contribution in [0.1, 0.15) is 26.5 Å². The van der Waals surface area contributed by atoms with E-state index >= 15 is 0 Å². The molecule has 6 heteroatoms. The molecule has 134 valence electrons. The Labute approximate surface area is 151 Å². The topological polar surface area (TPSA) is 80.6 Å². The van der Waals surface area contributed by atoms with Crippen molar-refractivity contribution in [2.45, 2.75) is 6.92 Å². The van der Waals surface area contributed by atoms with Gasteiger partial charge >= 0.3 is 0 Å². The molecule has 6 nitrogen and oxygen atoms in total. The zero-order valence-electron chi connectivity index (χ0n) is 14.7. The minimum absolute atomic E-state index is 0.237. The zero-order valence-corrected chi connectivity index (χ0v) is 14.7. The lowest BCUT2D eigenvalue weighted by Crippen LogP contribution is -2.28. The van der Waals surface area contributed by atoms with Gasteiger partial charge in [0.05, 0.1) is 17.9 Å². The number of anilines is 1. The smallest absolute Gasteiger partial charge is 0.291 e. The molecule has 2 amide bonds. The number of methoxy groups -OCH3 is 1. The third-order valence-electron chi connectivity index (χ3n) is 4.06. The third-order valence-corrected chi connectivity index (χ3v) is 4.06. The summed E-state index contributed by atoms with van der Waals surface area (Å²) in [5.74, 6) is -0.434. The van der Waals surface area contributed by atoms with Crippen LogP contribution in [0.25, 0.3) is 11.0 Å². The first-order valence-corrected chi connectivity index (χ1v) is 8.27. The maximum Gasteiger partial charge on any atom is 0.291 e. The van der Waals surface area contributed by atoms with Crippen molar-refractivity contribution in [2.75, 3.05) is 25.6 Å². The fourth-order valence-corrected chi connectivity index (χ4v) is 2.72. The molecule has 0 saturated carbocycles. The number of fused-ring (bicyclic) bond motifs is 1. The van der Waals surface area contributed by atoms with Gasteiger partial charge in [-0.2, -0.15) is 0 Å². The standard InChI is InChI=1S/C20H20N2O4/c1-13-14-7-4-6-10-17(14)26-18(13)20(24)22-16-9-5-3-8-15(16)19(23)21-11-12-25-2/h3-10H,11-12H2,1-2H3,(H,21,23)(H,22,24). The monoisotopic (exact) mass is 352 g/mol. The number of rotatable bonds is 6. The van der Waals surface area contributed by atoms with Crippen molar-refractivity contribution >= 4 is 28.5 Å². The molecule has 0 atom stereocenters. The van der Waals surface area contributed by atoms with E-state index in [1.54, 1.807) is 31.4 Å². The Balaban J connectivity index is 1.83. The van der Waals surface area contributed by atoms with Crippen LogP contribution in [-0.4, -0.2) is 32.1 Å². The van der Waals surface area contributed by atoms with E-state index in [0.717, 1.165) is 10.9 Å². The summed E-state index contributed by atoms with van der Waals surface area (Å²) in [7, 11) is 1.57. The number of hydrogen-bond donors (Lipinski definition) is 2. The van der Waals surface area contributed by atoms with E-state index in [-0.39, 0.29) is 11.7 Å². The second-order valence-electron chi connectivity index (χ2n) is 5.80. The van der Waals surface area contributed by atoms with Crippen LogP contribution in [0.3, 0.4) is 0 Å². The van der Waals surface area contributed by atoms with Crippen molar-refractivity contribution in [2.24, 2.45) is 0 Å². The summed E-state index contributed by atoms with van der Waals surface area (Å²) in [4.78, 5) is 25.0. The van der Waals surface area contributed by atoms with Crippen LogP contribution < -0.4 is 10.6 Å². The molecule has 1 heterocycles. The summed E-state index contributed by atoms with van der Waals surface area (Å²) < 4.78 is 10.6. The first kappa shape index (κ1) is 17.7. The van der Waals surface area contributed by atoms with Crippen molar-refractivity contribution in [3.8, 4) is 0 Å². The Morgan fingerprint density at radius 3 is 2.54 bits per heavy atom. The molecule has 2 aromatic carbocycles. The van der Waals surface area contributed by atoms with Crippen LogP contribution in [-0.2, 0) is 4.74 Å². The quantitative estimate of drug-likeness (QED) is 0.667.